The van der Waals surface area contributed by atoms with Crippen LogP contribution in [0.4, 0.5) is 5.69 Å². The Kier molecular flexibility index (Phi) is 4.82. The van der Waals surface area contributed by atoms with Crippen molar-refractivity contribution < 1.29 is 14.3 Å². The van der Waals surface area contributed by atoms with Crippen molar-refractivity contribution in [1.82, 2.24) is 0 Å². The molecule has 0 saturated carbocycles. The van der Waals surface area contributed by atoms with Gasteiger partial charge in [0.2, 0.25) is 0 Å². The zero-order chi connectivity index (χ0) is 12.8. The van der Waals surface area contributed by atoms with Crippen molar-refractivity contribution in [3.63, 3.8) is 0 Å². The summed E-state index contributed by atoms with van der Waals surface area (Å²) in [4.78, 5) is 11.4. The van der Waals surface area contributed by atoms with Gasteiger partial charge in [0, 0.05) is 11.8 Å². The molecule has 1 unspecified atom stereocenters. The van der Waals surface area contributed by atoms with Crippen LogP contribution < -0.4 is 10.5 Å². The lowest BCUT2D eigenvalue weighted by atomic mass is 10.1. The van der Waals surface area contributed by atoms with Gasteiger partial charge in [-0.05, 0) is 25.0 Å². The van der Waals surface area contributed by atoms with Crippen LogP contribution in [0, 0.1) is 5.92 Å². The Morgan fingerprint density at radius 1 is 1.35 bits per heavy atom. The number of benzene rings is 1. The molecule has 0 aliphatic rings. The smallest absolute Gasteiger partial charge is 0.344 e. The number of nitrogens with two attached hydrogens (primary N) is 1. The van der Waals surface area contributed by atoms with Crippen molar-refractivity contribution in [2.75, 3.05) is 12.3 Å². The van der Waals surface area contributed by atoms with Gasteiger partial charge in [0.25, 0.3) is 0 Å². The second-order valence-corrected chi connectivity index (χ2v) is 4.30. The quantitative estimate of drug-likeness (QED) is 0.630. The van der Waals surface area contributed by atoms with Crippen molar-refractivity contribution in [3.05, 3.63) is 24.3 Å². The first-order valence-corrected chi connectivity index (χ1v) is 5.67. The normalized spacial score (nSPS) is 12.2. The molecule has 0 aromatic heterocycles. The molecule has 0 fully saturated rings. The lowest BCUT2D eigenvalue weighted by molar-refractivity contribution is -0.152. The van der Waals surface area contributed by atoms with Gasteiger partial charge in [-0.2, -0.15) is 0 Å². The number of carbonyl (C=O) groups excluding carboxylic acids is 1. The maximum absolute atomic E-state index is 11.4. The second kappa shape index (κ2) is 6.13. The third-order valence-corrected chi connectivity index (χ3v) is 2.47. The first kappa shape index (κ1) is 13.4. The molecule has 17 heavy (non-hydrogen) atoms. The largest absolute Gasteiger partial charge is 0.482 e. The van der Waals surface area contributed by atoms with E-state index in [0.717, 1.165) is 0 Å². The summed E-state index contributed by atoms with van der Waals surface area (Å²) in [5, 5.41) is 0. The summed E-state index contributed by atoms with van der Waals surface area (Å²) in [5.74, 6) is 0.499. The Morgan fingerprint density at radius 3 is 2.65 bits per heavy atom. The first-order valence-electron chi connectivity index (χ1n) is 5.67. The van der Waals surface area contributed by atoms with Crippen LogP contribution in [0.1, 0.15) is 20.8 Å². The molecule has 0 saturated heterocycles. The van der Waals surface area contributed by atoms with Crippen molar-refractivity contribution in [2.24, 2.45) is 5.92 Å². The van der Waals surface area contributed by atoms with Gasteiger partial charge in [0.15, 0.2) is 6.61 Å². The number of nitrogen functional groups attached to an aromatic ring is 1. The summed E-state index contributed by atoms with van der Waals surface area (Å²) >= 11 is 0. The van der Waals surface area contributed by atoms with Crippen molar-refractivity contribution in [1.29, 1.82) is 0 Å². The standard InChI is InChI=1S/C13H19NO3/c1-9(2)10(3)17-13(15)8-16-12-6-4-5-11(14)7-12/h4-7,9-10H,8,14H2,1-3H3. The maximum atomic E-state index is 11.4. The molecular formula is C13H19NO3. The lowest BCUT2D eigenvalue weighted by Crippen LogP contribution is -2.24. The Balaban J connectivity index is 2.38. The molecule has 1 aromatic carbocycles. The van der Waals surface area contributed by atoms with Crippen LogP contribution in [-0.2, 0) is 9.53 Å². The van der Waals surface area contributed by atoms with E-state index in [0.29, 0.717) is 17.4 Å². The minimum Gasteiger partial charge on any atom is -0.482 e. The van der Waals surface area contributed by atoms with Gasteiger partial charge < -0.3 is 15.2 Å². The van der Waals surface area contributed by atoms with E-state index in [2.05, 4.69) is 0 Å². The van der Waals surface area contributed by atoms with Gasteiger partial charge in [-0.15, -0.1) is 0 Å². The van der Waals surface area contributed by atoms with Crippen LogP contribution in [0.2, 0.25) is 0 Å². The minimum atomic E-state index is -0.367. The highest BCUT2D eigenvalue weighted by molar-refractivity contribution is 5.71. The highest BCUT2D eigenvalue weighted by Gasteiger charge is 2.13. The van der Waals surface area contributed by atoms with Gasteiger partial charge in [-0.3, -0.25) is 0 Å². The fraction of sp³-hybridized carbons (Fsp3) is 0.462. The van der Waals surface area contributed by atoms with Crippen LogP contribution in [-0.4, -0.2) is 18.7 Å². The van der Waals surface area contributed by atoms with Crippen LogP contribution >= 0.6 is 0 Å². The van der Waals surface area contributed by atoms with E-state index in [9.17, 15) is 4.79 Å². The predicted molar refractivity (Wildman–Crippen MR) is 66.7 cm³/mol. The highest BCUT2D eigenvalue weighted by Crippen LogP contribution is 2.14. The second-order valence-electron chi connectivity index (χ2n) is 4.30. The molecule has 1 atom stereocenters. The number of ether oxygens (including phenoxy) is 2. The Bertz CT molecular complexity index is 377. The molecule has 0 aliphatic heterocycles. The van der Waals surface area contributed by atoms with Crippen molar-refractivity contribution in [2.45, 2.75) is 26.9 Å². The maximum Gasteiger partial charge on any atom is 0.344 e. The van der Waals surface area contributed by atoms with E-state index in [-0.39, 0.29) is 18.7 Å². The fourth-order valence-electron chi connectivity index (χ4n) is 1.12. The SMILES string of the molecule is CC(C)C(C)OC(=O)COc1cccc(N)c1. The summed E-state index contributed by atoms with van der Waals surface area (Å²) in [5.41, 5.74) is 6.19. The molecular weight excluding hydrogens is 218 g/mol. The molecule has 4 nitrogen and oxygen atoms in total. The summed E-state index contributed by atoms with van der Waals surface area (Å²) in [6.45, 7) is 5.76. The van der Waals surface area contributed by atoms with E-state index in [1.807, 2.05) is 20.8 Å². The molecule has 1 aromatic rings. The Labute approximate surface area is 102 Å². The molecule has 94 valence electrons. The van der Waals surface area contributed by atoms with Crippen LogP contribution in [0.15, 0.2) is 24.3 Å². The number of esters is 1. The third-order valence-electron chi connectivity index (χ3n) is 2.47. The average molecular weight is 237 g/mol. The first-order chi connectivity index (χ1) is 7.99. The zero-order valence-corrected chi connectivity index (χ0v) is 10.5. The van der Waals surface area contributed by atoms with E-state index < -0.39 is 0 Å². The summed E-state index contributed by atoms with van der Waals surface area (Å²) in [6, 6.07) is 6.94. The predicted octanol–water partition coefficient (Wildman–Crippen LogP) is 2.24. The van der Waals surface area contributed by atoms with E-state index >= 15 is 0 Å². The molecule has 0 spiro atoms. The lowest BCUT2D eigenvalue weighted by Gasteiger charge is -2.16. The Hall–Kier alpha value is -1.71. The highest BCUT2D eigenvalue weighted by atomic mass is 16.6. The monoisotopic (exact) mass is 237 g/mol. The molecule has 4 heteroatoms. The number of hydrogen-bond acceptors (Lipinski definition) is 4. The summed E-state index contributed by atoms with van der Waals surface area (Å²) in [7, 11) is 0. The van der Waals surface area contributed by atoms with Crippen molar-refractivity contribution >= 4 is 11.7 Å². The van der Waals surface area contributed by atoms with E-state index in [1.165, 1.54) is 0 Å². The fourth-order valence-corrected chi connectivity index (χ4v) is 1.12. The van der Waals surface area contributed by atoms with Crippen molar-refractivity contribution in [3.8, 4) is 5.75 Å². The molecule has 2 N–H and O–H groups in total. The van der Waals surface area contributed by atoms with Gasteiger partial charge in [-0.25, -0.2) is 4.79 Å². The average Bonchev–Trinajstić information content (AvgIpc) is 2.26. The number of anilines is 1. The molecule has 0 heterocycles. The van der Waals surface area contributed by atoms with Gasteiger partial charge in [-0.1, -0.05) is 19.9 Å². The molecule has 0 radical (unpaired) electrons. The summed E-state index contributed by atoms with van der Waals surface area (Å²) in [6.07, 6.45) is -0.105. The van der Waals surface area contributed by atoms with E-state index in [1.54, 1.807) is 24.3 Å². The molecule has 1 rings (SSSR count). The van der Waals surface area contributed by atoms with Crippen LogP contribution in [0.25, 0.3) is 0 Å². The molecule has 0 amide bonds. The van der Waals surface area contributed by atoms with Crippen LogP contribution in [0.5, 0.6) is 5.75 Å². The molecule has 0 bridgehead atoms. The minimum absolute atomic E-state index is 0.0967. The van der Waals surface area contributed by atoms with E-state index in [4.69, 9.17) is 15.2 Å². The van der Waals surface area contributed by atoms with Gasteiger partial charge in [0.05, 0.1) is 0 Å². The van der Waals surface area contributed by atoms with Gasteiger partial charge in [0.1, 0.15) is 11.9 Å². The van der Waals surface area contributed by atoms with Crippen LogP contribution in [0.3, 0.4) is 0 Å². The summed E-state index contributed by atoms with van der Waals surface area (Å²) < 4.78 is 10.4. The van der Waals surface area contributed by atoms with Gasteiger partial charge >= 0.3 is 5.97 Å². The number of rotatable bonds is 5. The Morgan fingerprint density at radius 2 is 2.06 bits per heavy atom. The molecule has 0 aliphatic carbocycles. The number of hydrogen-bond donors (Lipinski definition) is 1. The third kappa shape index (κ3) is 4.76. The number of carbonyl (C=O) groups is 1. The zero-order valence-electron chi connectivity index (χ0n) is 10.5. The topological polar surface area (TPSA) is 61.5 Å².